The largest absolute Gasteiger partial charge is 0.321 e. The van der Waals surface area contributed by atoms with Gasteiger partial charge in [-0.25, -0.2) is 15.0 Å². The van der Waals surface area contributed by atoms with Gasteiger partial charge in [0.05, 0.1) is 26.4 Å². The Kier molecular flexibility index (Phi) is 4.28. The Balaban J connectivity index is 1.89. The molecule has 3 rings (SSSR count). The summed E-state index contributed by atoms with van der Waals surface area (Å²) < 4.78 is 1.02. The quantitative estimate of drug-likeness (QED) is 0.570. The van der Waals surface area contributed by atoms with Gasteiger partial charge < -0.3 is 5.32 Å². The van der Waals surface area contributed by atoms with Crippen LogP contribution in [0.4, 0.5) is 5.69 Å². The third-order valence-electron chi connectivity index (χ3n) is 2.87. The normalized spacial score (nSPS) is 10.9. The van der Waals surface area contributed by atoms with Crippen LogP contribution in [-0.4, -0.2) is 27.1 Å². The third-order valence-corrected chi connectivity index (χ3v) is 4.64. The highest BCUT2D eigenvalue weighted by atomic mass is 35.5. The number of thioether (sulfide) groups is 1. The van der Waals surface area contributed by atoms with Gasteiger partial charge in [0, 0.05) is 5.69 Å². The van der Waals surface area contributed by atoms with Crippen LogP contribution < -0.4 is 5.32 Å². The molecule has 5 nitrogen and oxygen atoms in total. The van der Waals surface area contributed by atoms with E-state index in [1.165, 1.54) is 18.0 Å². The number of anilines is 1. The van der Waals surface area contributed by atoms with Crippen LogP contribution >= 0.6 is 34.7 Å². The first kappa shape index (κ1) is 15.2. The predicted molar refractivity (Wildman–Crippen MR) is 91.1 cm³/mol. The number of nitrogens with one attached hydrogen (secondary N) is 1. The van der Waals surface area contributed by atoms with Crippen molar-refractivity contribution in [3.63, 3.8) is 0 Å². The van der Waals surface area contributed by atoms with Gasteiger partial charge in [0.1, 0.15) is 0 Å². The molecule has 2 aromatic heterocycles. The molecule has 0 spiro atoms. The molecule has 0 aliphatic carbocycles. The molecule has 0 fully saturated rings. The number of hydrogen-bond acceptors (Lipinski definition) is 6. The molecule has 0 radical (unpaired) electrons. The molecule has 0 bridgehead atoms. The maximum atomic E-state index is 12.3. The summed E-state index contributed by atoms with van der Waals surface area (Å²) in [6.45, 7) is 1.95. The molecule has 1 amide bonds. The summed E-state index contributed by atoms with van der Waals surface area (Å²) >= 11 is 8.94. The maximum Gasteiger partial charge on any atom is 0.275 e. The Morgan fingerprint density at radius 1 is 1.36 bits per heavy atom. The first-order chi connectivity index (χ1) is 10.6. The monoisotopic (exact) mass is 350 g/mol. The fourth-order valence-electron chi connectivity index (χ4n) is 1.92. The summed E-state index contributed by atoms with van der Waals surface area (Å²) in [5.74, 6) is -0.358. The van der Waals surface area contributed by atoms with Gasteiger partial charge in [0.25, 0.3) is 5.91 Å². The Hall–Kier alpha value is -1.70. The molecule has 22 heavy (non-hydrogen) atoms. The zero-order valence-corrected chi connectivity index (χ0v) is 14.1. The van der Waals surface area contributed by atoms with Crippen LogP contribution in [0.5, 0.6) is 0 Å². The average molecular weight is 351 g/mol. The number of halogens is 1. The molecule has 8 heteroatoms. The van der Waals surface area contributed by atoms with E-state index >= 15 is 0 Å². The van der Waals surface area contributed by atoms with Crippen molar-refractivity contribution in [1.29, 1.82) is 0 Å². The summed E-state index contributed by atoms with van der Waals surface area (Å²) in [6.07, 6.45) is 3.27. The van der Waals surface area contributed by atoms with Gasteiger partial charge in [-0.2, -0.15) is 0 Å². The van der Waals surface area contributed by atoms with Crippen molar-refractivity contribution in [2.45, 2.75) is 12.1 Å². The fourth-order valence-corrected chi connectivity index (χ4v) is 3.30. The second kappa shape index (κ2) is 6.20. The third kappa shape index (κ3) is 3.06. The Labute approximate surface area is 140 Å². The van der Waals surface area contributed by atoms with Gasteiger partial charge in [0.2, 0.25) is 0 Å². The number of thiazole rings is 1. The molecule has 1 N–H and O–H groups in total. The number of carbonyl (C=O) groups is 1. The molecule has 0 saturated heterocycles. The molecular formula is C14H11ClN4OS2. The molecule has 0 aliphatic heterocycles. The summed E-state index contributed by atoms with van der Waals surface area (Å²) in [5, 5.41) is 4.53. The number of hydrogen-bond donors (Lipinski definition) is 1. The minimum atomic E-state index is -0.358. The van der Waals surface area contributed by atoms with Gasteiger partial charge in [-0.1, -0.05) is 23.4 Å². The van der Waals surface area contributed by atoms with Crippen LogP contribution in [-0.2, 0) is 0 Å². The Morgan fingerprint density at radius 2 is 2.18 bits per heavy atom. The fraction of sp³-hybridized carbons (Fsp3) is 0.143. The standard InChI is InChI=1S/C14H11ClN4OS2/c1-7-17-10-4-3-8(5-11(10)22-7)18-13(20)12-9(15)6-16-14(19-12)21-2/h3-6H,1-2H3,(H,18,20). The van der Waals surface area contributed by atoms with E-state index in [4.69, 9.17) is 11.6 Å². The number of benzene rings is 1. The maximum absolute atomic E-state index is 12.3. The summed E-state index contributed by atoms with van der Waals surface area (Å²) in [5.41, 5.74) is 1.77. The number of fused-ring (bicyclic) bond motifs is 1. The van der Waals surface area contributed by atoms with Crippen molar-refractivity contribution in [2.24, 2.45) is 0 Å². The lowest BCUT2D eigenvalue weighted by Crippen LogP contribution is -2.15. The van der Waals surface area contributed by atoms with Gasteiger partial charge in [-0.15, -0.1) is 11.3 Å². The van der Waals surface area contributed by atoms with E-state index in [1.54, 1.807) is 11.3 Å². The Morgan fingerprint density at radius 3 is 2.95 bits per heavy atom. The van der Waals surface area contributed by atoms with Crippen molar-refractivity contribution in [3.05, 3.63) is 40.1 Å². The number of carbonyl (C=O) groups excluding carboxylic acids is 1. The number of amides is 1. The van der Waals surface area contributed by atoms with Gasteiger partial charge in [-0.05, 0) is 31.4 Å². The highest BCUT2D eigenvalue weighted by molar-refractivity contribution is 7.98. The van der Waals surface area contributed by atoms with Gasteiger partial charge in [-0.3, -0.25) is 4.79 Å². The van der Waals surface area contributed by atoms with Crippen molar-refractivity contribution in [2.75, 3.05) is 11.6 Å². The molecule has 0 saturated carbocycles. The van der Waals surface area contributed by atoms with Crippen LogP contribution in [0, 0.1) is 6.92 Å². The molecule has 0 aliphatic rings. The number of nitrogens with zero attached hydrogens (tertiary/aromatic N) is 3. The minimum absolute atomic E-state index is 0.168. The second-order valence-electron chi connectivity index (χ2n) is 4.42. The van der Waals surface area contributed by atoms with E-state index in [9.17, 15) is 4.79 Å². The van der Waals surface area contributed by atoms with Crippen LogP contribution in [0.3, 0.4) is 0 Å². The van der Waals surface area contributed by atoms with Gasteiger partial charge in [0.15, 0.2) is 10.9 Å². The van der Waals surface area contributed by atoms with E-state index in [0.29, 0.717) is 10.8 Å². The lowest BCUT2D eigenvalue weighted by Gasteiger charge is -2.06. The molecule has 0 atom stereocenters. The van der Waals surface area contributed by atoms with Crippen LogP contribution in [0.1, 0.15) is 15.5 Å². The van der Waals surface area contributed by atoms with E-state index in [0.717, 1.165) is 15.2 Å². The molecule has 1 aromatic carbocycles. The molecule has 112 valence electrons. The van der Waals surface area contributed by atoms with E-state index in [1.807, 2.05) is 31.4 Å². The minimum Gasteiger partial charge on any atom is -0.321 e. The van der Waals surface area contributed by atoms with Crippen molar-refractivity contribution in [1.82, 2.24) is 15.0 Å². The van der Waals surface area contributed by atoms with E-state index in [-0.39, 0.29) is 16.6 Å². The number of rotatable bonds is 3. The number of aryl methyl sites for hydroxylation is 1. The lowest BCUT2D eigenvalue weighted by atomic mass is 10.3. The lowest BCUT2D eigenvalue weighted by molar-refractivity contribution is 0.102. The molecule has 3 aromatic rings. The van der Waals surface area contributed by atoms with E-state index < -0.39 is 0 Å². The Bertz CT molecular complexity index is 865. The molecular weight excluding hydrogens is 340 g/mol. The molecule has 0 unspecified atom stereocenters. The van der Waals surface area contributed by atoms with Gasteiger partial charge >= 0.3 is 0 Å². The summed E-state index contributed by atoms with van der Waals surface area (Å²) in [4.78, 5) is 24.9. The summed E-state index contributed by atoms with van der Waals surface area (Å²) in [7, 11) is 0. The second-order valence-corrected chi connectivity index (χ2v) is 6.84. The zero-order chi connectivity index (χ0) is 15.7. The number of aromatic nitrogens is 3. The van der Waals surface area contributed by atoms with E-state index in [2.05, 4.69) is 20.3 Å². The predicted octanol–water partition coefficient (Wildman–Crippen LogP) is 4.02. The van der Waals surface area contributed by atoms with Crippen LogP contribution in [0.15, 0.2) is 29.6 Å². The first-order valence-electron chi connectivity index (χ1n) is 6.32. The SMILES string of the molecule is CSc1ncc(Cl)c(C(=O)Nc2ccc3nc(C)sc3c2)n1. The zero-order valence-electron chi connectivity index (χ0n) is 11.8. The first-order valence-corrected chi connectivity index (χ1v) is 8.74. The van der Waals surface area contributed by atoms with Crippen molar-refractivity contribution >= 4 is 56.5 Å². The highest BCUT2D eigenvalue weighted by Gasteiger charge is 2.14. The summed E-state index contributed by atoms with van der Waals surface area (Å²) in [6, 6.07) is 5.58. The highest BCUT2D eigenvalue weighted by Crippen LogP contribution is 2.25. The molecule has 2 heterocycles. The average Bonchev–Trinajstić information content (AvgIpc) is 2.87. The topological polar surface area (TPSA) is 67.8 Å². The smallest absolute Gasteiger partial charge is 0.275 e. The van der Waals surface area contributed by atoms with Crippen LogP contribution in [0.25, 0.3) is 10.2 Å². The van der Waals surface area contributed by atoms with Crippen molar-refractivity contribution in [3.8, 4) is 0 Å². The van der Waals surface area contributed by atoms with Crippen molar-refractivity contribution < 1.29 is 4.79 Å². The van der Waals surface area contributed by atoms with Crippen LogP contribution in [0.2, 0.25) is 5.02 Å².